The molecule has 0 radical (unpaired) electrons. The van der Waals surface area contributed by atoms with Gasteiger partial charge in [-0.05, 0) is 26.8 Å². The fourth-order valence-corrected chi connectivity index (χ4v) is 1.03. The van der Waals surface area contributed by atoms with Gasteiger partial charge in [-0.15, -0.1) is 6.58 Å². The first-order valence-corrected chi connectivity index (χ1v) is 4.60. The van der Waals surface area contributed by atoms with Crippen molar-refractivity contribution in [2.45, 2.75) is 32.7 Å². The molecular weight excluding hydrogens is 150 g/mol. The van der Waals surface area contributed by atoms with Gasteiger partial charge in [-0.25, -0.2) is 0 Å². The predicted molar refractivity (Wildman–Crippen MR) is 53.4 cm³/mol. The van der Waals surface area contributed by atoms with Crippen LogP contribution < -0.4 is 5.32 Å². The van der Waals surface area contributed by atoms with Crippen LogP contribution in [0.5, 0.6) is 0 Å². The average molecular weight is 171 g/mol. The summed E-state index contributed by atoms with van der Waals surface area (Å²) in [6.45, 7) is 9.68. The van der Waals surface area contributed by atoms with E-state index >= 15 is 0 Å². The second kappa shape index (κ2) is 7.32. The third-order valence-electron chi connectivity index (χ3n) is 1.67. The van der Waals surface area contributed by atoms with Crippen LogP contribution in [0.2, 0.25) is 0 Å². The lowest BCUT2D eigenvalue weighted by atomic mass is 10.1. The summed E-state index contributed by atoms with van der Waals surface area (Å²) in [5, 5.41) is 3.21. The largest absolute Gasteiger partial charge is 0.380 e. The Balaban J connectivity index is 3.46. The van der Waals surface area contributed by atoms with Crippen LogP contribution in [0.1, 0.15) is 26.7 Å². The lowest BCUT2D eigenvalue weighted by Crippen LogP contribution is -2.30. The summed E-state index contributed by atoms with van der Waals surface area (Å²) in [5.41, 5.74) is 1.20. The van der Waals surface area contributed by atoms with Gasteiger partial charge in [-0.1, -0.05) is 12.5 Å². The fraction of sp³-hybridized carbons (Fsp3) is 0.800. The third kappa shape index (κ3) is 6.38. The molecule has 0 fully saturated rings. The van der Waals surface area contributed by atoms with E-state index in [0.717, 1.165) is 26.1 Å². The number of hydrogen-bond acceptors (Lipinski definition) is 2. The molecule has 1 N–H and O–H groups in total. The summed E-state index contributed by atoms with van der Waals surface area (Å²) >= 11 is 0. The summed E-state index contributed by atoms with van der Waals surface area (Å²) in [7, 11) is 1.96. The molecule has 1 atom stereocenters. The molecule has 1 unspecified atom stereocenters. The van der Waals surface area contributed by atoms with E-state index in [9.17, 15) is 0 Å². The summed E-state index contributed by atoms with van der Waals surface area (Å²) in [4.78, 5) is 0. The molecule has 0 saturated carbocycles. The number of rotatable bonds is 7. The molecule has 12 heavy (non-hydrogen) atoms. The maximum atomic E-state index is 5.43. The Morgan fingerprint density at radius 2 is 2.25 bits per heavy atom. The van der Waals surface area contributed by atoms with Gasteiger partial charge >= 0.3 is 0 Å². The maximum absolute atomic E-state index is 5.43. The van der Waals surface area contributed by atoms with Gasteiger partial charge in [0, 0.05) is 12.6 Å². The summed E-state index contributed by atoms with van der Waals surface area (Å²) < 4.78 is 5.43. The monoisotopic (exact) mass is 171 g/mol. The van der Waals surface area contributed by atoms with Gasteiger partial charge in [-0.3, -0.25) is 0 Å². The Morgan fingerprint density at radius 1 is 1.58 bits per heavy atom. The third-order valence-corrected chi connectivity index (χ3v) is 1.67. The number of likely N-dealkylation sites (N-methyl/N-ethyl adjacent to an activating group) is 1. The number of nitrogens with one attached hydrogen (secondary N) is 1. The van der Waals surface area contributed by atoms with Crippen molar-refractivity contribution in [3.8, 4) is 0 Å². The highest BCUT2D eigenvalue weighted by Gasteiger charge is 2.04. The first-order chi connectivity index (χ1) is 5.70. The van der Waals surface area contributed by atoms with Gasteiger partial charge in [0.2, 0.25) is 0 Å². The van der Waals surface area contributed by atoms with Crippen LogP contribution in [0.15, 0.2) is 12.2 Å². The standard InChI is InChI=1S/C10H21NO/c1-5-6-12-8-10(11-4)7-9(2)3/h10-11H,2,5-8H2,1,3-4H3. The van der Waals surface area contributed by atoms with Crippen LogP contribution in [0, 0.1) is 0 Å². The summed E-state index contributed by atoms with van der Waals surface area (Å²) in [6, 6.07) is 0.425. The minimum absolute atomic E-state index is 0.425. The lowest BCUT2D eigenvalue weighted by Gasteiger charge is -2.15. The molecule has 0 aromatic heterocycles. The van der Waals surface area contributed by atoms with Gasteiger partial charge in [0.15, 0.2) is 0 Å². The zero-order chi connectivity index (χ0) is 9.40. The molecule has 0 saturated heterocycles. The molecule has 2 nitrogen and oxygen atoms in total. The molecule has 0 aromatic rings. The van der Waals surface area contributed by atoms with Crippen molar-refractivity contribution >= 4 is 0 Å². The highest BCUT2D eigenvalue weighted by atomic mass is 16.5. The Bertz CT molecular complexity index is 123. The van der Waals surface area contributed by atoms with Crippen molar-refractivity contribution in [3.63, 3.8) is 0 Å². The fourth-order valence-electron chi connectivity index (χ4n) is 1.03. The minimum atomic E-state index is 0.425. The zero-order valence-corrected chi connectivity index (χ0v) is 8.52. The van der Waals surface area contributed by atoms with Crippen LogP contribution in [0.3, 0.4) is 0 Å². The van der Waals surface area contributed by atoms with Crippen LogP contribution in [-0.2, 0) is 4.74 Å². The first kappa shape index (κ1) is 11.7. The number of ether oxygens (including phenoxy) is 1. The topological polar surface area (TPSA) is 21.3 Å². The first-order valence-electron chi connectivity index (χ1n) is 4.60. The van der Waals surface area contributed by atoms with Crippen molar-refractivity contribution in [2.75, 3.05) is 20.3 Å². The van der Waals surface area contributed by atoms with Crippen molar-refractivity contribution in [1.82, 2.24) is 5.32 Å². The minimum Gasteiger partial charge on any atom is -0.380 e. The van der Waals surface area contributed by atoms with E-state index in [1.165, 1.54) is 5.57 Å². The smallest absolute Gasteiger partial charge is 0.0622 e. The van der Waals surface area contributed by atoms with E-state index in [1.807, 2.05) is 14.0 Å². The van der Waals surface area contributed by atoms with Crippen molar-refractivity contribution in [1.29, 1.82) is 0 Å². The normalized spacial score (nSPS) is 12.9. The van der Waals surface area contributed by atoms with Gasteiger partial charge in [0.25, 0.3) is 0 Å². The molecule has 0 aliphatic carbocycles. The molecule has 72 valence electrons. The lowest BCUT2D eigenvalue weighted by molar-refractivity contribution is 0.114. The quantitative estimate of drug-likeness (QED) is 0.467. The average Bonchev–Trinajstić information content (AvgIpc) is 2.02. The van der Waals surface area contributed by atoms with E-state index in [-0.39, 0.29) is 0 Å². The summed E-state index contributed by atoms with van der Waals surface area (Å²) in [5.74, 6) is 0. The molecule has 2 heteroatoms. The molecule has 0 aliphatic heterocycles. The van der Waals surface area contributed by atoms with Crippen molar-refractivity contribution < 1.29 is 4.74 Å². The molecule has 0 heterocycles. The van der Waals surface area contributed by atoms with Gasteiger partial charge < -0.3 is 10.1 Å². The van der Waals surface area contributed by atoms with E-state index in [1.54, 1.807) is 0 Å². The van der Waals surface area contributed by atoms with Crippen molar-refractivity contribution in [3.05, 3.63) is 12.2 Å². The highest BCUT2D eigenvalue weighted by Crippen LogP contribution is 2.01. The SMILES string of the molecule is C=C(C)CC(COCCC)NC. The molecule has 0 bridgehead atoms. The molecule has 0 rings (SSSR count). The molecule has 0 aliphatic rings. The molecular formula is C10H21NO. The highest BCUT2D eigenvalue weighted by molar-refractivity contribution is 4.92. The Hall–Kier alpha value is -0.340. The van der Waals surface area contributed by atoms with Crippen molar-refractivity contribution in [2.24, 2.45) is 0 Å². The second-order valence-corrected chi connectivity index (χ2v) is 3.22. The Labute approximate surface area is 76.0 Å². The summed E-state index contributed by atoms with van der Waals surface area (Å²) in [6.07, 6.45) is 2.09. The van der Waals surface area contributed by atoms with Gasteiger partial charge in [0.1, 0.15) is 0 Å². The van der Waals surface area contributed by atoms with Crippen LogP contribution >= 0.6 is 0 Å². The number of hydrogen-bond donors (Lipinski definition) is 1. The molecule has 0 spiro atoms. The second-order valence-electron chi connectivity index (χ2n) is 3.22. The van der Waals surface area contributed by atoms with E-state index < -0.39 is 0 Å². The Kier molecular flexibility index (Phi) is 7.11. The van der Waals surface area contributed by atoms with E-state index in [0.29, 0.717) is 6.04 Å². The Morgan fingerprint density at radius 3 is 2.67 bits per heavy atom. The predicted octanol–water partition coefficient (Wildman–Crippen LogP) is 1.97. The van der Waals surface area contributed by atoms with Crippen LogP contribution in [-0.4, -0.2) is 26.3 Å². The van der Waals surface area contributed by atoms with Crippen LogP contribution in [0.4, 0.5) is 0 Å². The molecule has 0 aromatic carbocycles. The van der Waals surface area contributed by atoms with E-state index in [2.05, 4.69) is 18.8 Å². The van der Waals surface area contributed by atoms with Gasteiger partial charge in [0.05, 0.1) is 6.61 Å². The van der Waals surface area contributed by atoms with Crippen LogP contribution in [0.25, 0.3) is 0 Å². The maximum Gasteiger partial charge on any atom is 0.0622 e. The van der Waals surface area contributed by atoms with E-state index in [4.69, 9.17) is 4.74 Å². The van der Waals surface area contributed by atoms with Gasteiger partial charge in [-0.2, -0.15) is 0 Å². The zero-order valence-electron chi connectivity index (χ0n) is 8.52. The molecule has 0 amide bonds.